The maximum atomic E-state index is 13.2. The third-order valence-corrected chi connectivity index (χ3v) is 5.27. The van der Waals surface area contributed by atoms with Crippen LogP contribution in [0.15, 0.2) is 39.9 Å². The van der Waals surface area contributed by atoms with E-state index in [-0.39, 0.29) is 4.31 Å². The average molecular weight is 371 g/mol. The molecule has 0 N–H and O–H groups in total. The van der Waals surface area contributed by atoms with Gasteiger partial charge in [0.15, 0.2) is 0 Å². The highest BCUT2D eigenvalue weighted by Crippen LogP contribution is 2.26. The second-order valence-electron chi connectivity index (χ2n) is 4.63. The summed E-state index contributed by atoms with van der Waals surface area (Å²) in [5.74, 6) is -2.38. The zero-order valence-electron chi connectivity index (χ0n) is 11.3. The molecule has 0 fully saturated rings. The Morgan fingerprint density at radius 1 is 1.09 bits per heavy atom. The van der Waals surface area contributed by atoms with Crippen molar-refractivity contribution in [2.45, 2.75) is 17.6 Å². The van der Waals surface area contributed by atoms with Gasteiger partial charge >= 0.3 is 6.18 Å². The highest BCUT2D eigenvalue weighted by atomic mass is 32.2. The van der Waals surface area contributed by atoms with E-state index in [0.29, 0.717) is 23.8 Å². The zero-order chi connectivity index (χ0) is 17.3. The molecule has 0 radical (unpaired) electrons. The second-order valence-corrected chi connectivity index (χ2v) is 7.34. The van der Waals surface area contributed by atoms with Crippen molar-refractivity contribution in [3.8, 4) is 0 Å². The molecule has 2 rings (SSSR count). The van der Waals surface area contributed by atoms with E-state index in [9.17, 15) is 30.4 Å². The van der Waals surface area contributed by atoms with Crippen LogP contribution in [0.1, 0.15) is 5.56 Å². The minimum absolute atomic E-state index is 0.142. The lowest BCUT2D eigenvalue weighted by Gasteiger charge is -2.23. The first-order chi connectivity index (χ1) is 10.6. The first-order valence-corrected chi connectivity index (χ1v) is 8.50. The molecule has 0 saturated carbocycles. The van der Waals surface area contributed by atoms with Gasteiger partial charge in [0.2, 0.25) is 10.0 Å². The molecule has 23 heavy (non-hydrogen) atoms. The number of benzene rings is 1. The molecule has 1 heterocycles. The zero-order valence-corrected chi connectivity index (χ0v) is 13.0. The standard InChI is InChI=1S/C13H10F5NO2S2/c14-10-3-11(15)5-12(4-10)23(20,21)19(8-13(16,17)18)6-9-1-2-22-7-9/h1-5,7H,6,8H2. The van der Waals surface area contributed by atoms with Crippen LogP contribution in [0.3, 0.4) is 0 Å². The summed E-state index contributed by atoms with van der Waals surface area (Å²) in [6.07, 6.45) is -4.80. The smallest absolute Gasteiger partial charge is 0.207 e. The fourth-order valence-corrected chi connectivity index (χ4v) is 3.95. The van der Waals surface area contributed by atoms with Crippen molar-refractivity contribution in [3.63, 3.8) is 0 Å². The Kier molecular flexibility index (Phi) is 5.07. The third-order valence-electron chi connectivity index (χ3n) is 2.77. The molecule has 3 nitrogen and oxygen atoms in total. The largest absolute Gasteiger partial charge is 0.402 e. The van der Waals surface area contributed by atoms with E-state index in [1.54, 1.807) is 5.38 Å². The Bertz CT molecular complexity index is 752. The van der Waals surface area contributed by atoms with Crippen LogP contribution in [0.4, 0.5) is 22.0 Å². The molecule has 2 aromatic rings. The molecular formula is C13H10F5NO2S2. The number of thiophene rings is 1. The third kappa shape index (κ3) is 4.72. The first-order valence-electron chi connectivity index (χ1n) is 6.12. The van der Waals surface area contributed by atoms with Gasteiger partial charge in [-0.25, -0.2) is 17.2 Å². The summed E-state index contributed by atoms with van der Waals surface area (Å²) in [6, 6.07) is 2.87. The van der Waals surface area contributed by atoms with E-state index in [0.717, 1.165) is 0 Å². The molecule has 126 valence electrons. The lowest BCUT2D eigenvalue weighted by atomic mass is 10.3. The normalized spacial score (nSPS) is 12.8. The van der Waals surface area contributed by atoms with Crippen LogP contribution in [0, 0.1) is 11.6 Å². The fraction of sp³-hybridized carbons (Fsp3) is 0.231. The molecule has 0 aliphatic heterocycles. The SMILES string of the molecule is O=S(=O)(c1cc(F)cc(F)c1)N(Cc1ccsc1)CC(F)(F)F. The Balaban J connectivity index is 2.43. The number of sulfonamides is 1. The minimum Gasteiger partial charge on any atom is -0.207 e. The van der Waals surface area contributed by atoms with Crippen LogP contribution in [-0.4, -0.2) is 25.4 Å². The van der Waals surface area contributed by atoms with Gasteiger partial charge in [0.05, 0.1) is 4.90 Å². The van der Waals surface area contributed by atoms with Gasteiger partial charge in [0, 0.05) is 12.6 Å². The van der Waals surface area contributed by atoms with Crippen LogP contribution >= 0.6 is 11.3 Å². The lowest BCUT2D eigenvalue weighted by Crippen LogP contribution is -2.38. The molecule has 0 spiro atoms. The van der Waals surface area contributed by atoms with Gasteiger partial charge in [-0.2, -0.15) is 28.8 Å². The van der Waals surface area contributed by atoms with Gasteiger partial charge in [0.25, 0.3) is 0 Å². The highest BCUT2D eigenvalue weighted by Gasteiger charge is 2.37. The summed E-state index contributed by atoms with van der Waals surface area (Å²) in [5, 5.41) is 3.07. The predicted octanol–water partition coefficient (Wildman–Crippen LogP) is 3.78. The molecule has 1 aromatic carbocycles. The fourth-order valence-electron chi connectivity index (χ4n) is 1.84. The Morgan fingerprint density at radius 2 is 1.70 bits per heavy atom. The van der Waals surface area contributed by atoms with Crippen molar-refractivity contribution in [1.29, 1.82) is 0 Å². The molecule has 0 aliphatic carbocycles. The number of hydrogen-bond acceptors (Lipinski definition) is 3. The van der Waals surface area contributed by atoms with E-state index in [1.165, 1.54) is 22.8 Å². The summed E-state index contributed by atoms with van der Waals surface area (Å²) in [7, 11) is -4.72. The van der Waals surface area contributed by atoms with E-state index < -0.39 is 45.8 Å². The maximum Gasteiger partial charge on any atom is 0.402 e. The molecule has 0 unspecified atom stereocenters. The summed E-state index contributed by atoms with van der Waals surface area (Å²) in [6.45, 7) is -2.31. The average Bonchev–Trinajstić information content (AvgIpc) is 2.88. The maximum absolute atomic E-state index is 13.2. The van der Waals surface area contributed by atoms with Crippen molar-refractivity contribution >= 4 is 21.4 Å². The highest BCUT2D eigenvalue weighted by molar-refractivity contribution is 7.89. The van der Waals surface area contributed by atoms with Crippen molar-refractivity contribution in [1.82, 2.24) is 4.31 Å². The molecule has 1 aromatic heterocycles. The molecule has 0 saturated heterocycles. The molecule has 0 atom stereocenters. The topological polar surface area (TPSA) is 37.4 Å². The molecule has 10 heteroatoms. The van der Waals surface area contributed by atoms with Crippen molar-refractivity contribution in [3.05, 3.63) is 52.2 Å². The van der Waals surface area contributed by atoms with Crippen LogP contribution in [0.25, 0.3) is 0 Å². The van der Waals surface area contributed by atoms with Gasteiger partial charge in [0.1, 0.15) is 18.2 Å². The van der Waals surface area contributed by atoms with Crippen LogP contribution in [0.5, 0.6) is 0 Å². The lowest BCUT2D eigenvalue weighted by molar-refractivity contribution is -0.136. The summed E-state index contributed by atoms with van der Waals surface area (Å²) in [5.41, 5.74) is 0.347. The molecular weight excluding hydrogens is 361 g/mol. The quantitative estimate of drug-likeness (QED) is 0.750. The Morgan fingerprint density at radius 3 is 2.17 bits per heavy atom. The van der Waals surface area contributed by atoms with Gasteiger partial charge in [-0.3, -0.25) is 0 Å². The van der Waals surface area contributed by atoms with Gasteiger partial charge in [-0.05, 0) is 34.5 Å². The monoisotopic (exact) mass is 371 g/mol. The number of rotatable bonds is 5. The number of alkyl halides is 3. The second kappa shape index (κ2) is 6.54. The van der Waals surface area contributed by atoms with Crippen LogP contribution < -0.4 is 0 Å². The van der Waals surface area contributed by atoms with E-state index in [2.05, 4.69) is 0 Å². The first kappa shape index (κ1) is 17.8. The van der Waals surface area contributed by atoms with E-state index >= 15 is 0 Å². The van der Waals surface area contributed by atoms with Crippen molar-refractivity contribution in [2.24, 2.45) is 0 Å². The molecule has 0 bridgehead atoms. The van der Waals surface area contributed by atoms with Crippen LogP contribution in [-0.2, 0) is 16.6 Å². The Hall–Kier alpha value is -1.52. The van der Waals surface area contributed by atoms with Gasteiger partial charge < -0.3 is 0 Å². The number of hydrogen-bond donors (Lipinski definition) is 0. The minimum atomic E-state index is -4.80. The Labute approximate surface area is 133 Å². The summed E-state index contributed by atoms with van der Waals surface area (Å²) >= 11 is 1.19. The summed E-state index contributed by atoms with van der Waals surface area (Å²) < 4.78 is 89.3. The predicted molar refractivity (Wildman–Crippen MR) is 74.3 cm³/mol. The van der Waals surface area contributed by atoms with E-state index in [4.69, 9.17) is 0 Å². The molecule has 0 amide bonds. The van der Waals surface area contributed by atoms with E-state index in [1.807, 2.05) is 0 Å². The van der Waals surface area contributed by atoms with Crippen molar-refractivity contribution in [2.75, 3.05) is 6.54 Å². The van der Waals surface area contributed by atoms with Gasteiger partial charge in [-0.15, -0.1) is 0 Å². The number of nitrogens with zero attached hydrogens (tertiary/aromatic N) is 1. The summed E-state index contributed by atoms with van der Waals surface area (Å²) in [4.78, 5) is -0.866. The number of halogens is 5. The molecule has 0 aliphatic rings. The van der Waals surface area contributed by atoms with Crippen LogP contribution in [0.2, 0.25) is 0 Å². The van der Waals surface area contributed by atoms with Gasteiger partial charge in [-0.1, -0.05) is 0 Å². The van der Waals surface area contributed by atoms with Crippen molar-refractivity contribution < 1.29 is 30.4 Å².